The van der Waals surface area contributed by atoms with Gasteiger partial charge in [-0.2, -0.15) is 0 Å². The molecule has 7 heteroatoms. The van der Waals surface area contributed by atoms with Crippen molar-refractivity contribution in [2.45, 2.75) is 21.4 Å². The van der Waals surface area contributed by atoms with E-state index in [-0.39, 0.29) is 0 Å². The van der Waals surface area contributed by atoms with Crippen LogP contribution in [0.1, 0.15) is 12.5 Å². The third-order valence-corrected chi connectivity index (χ3v) is 5.61. The van der Waals surface area contributed by atoms with E-state index in [0.29, 0.717) is 0 Å². The minimum Gasteiger partial charge on any atom is -0.496 e. The van der Waals surface area contributed by atoms with E-state index < -0.39 is 0 Å². The van der Waals surface area contributed by atoms with Crippen LogP contribution < -0.4 is 4.74 Å². The number of benzene rings is 1. The Morgan fingerprint density at radius 3 is 2.68 bits per heavy atom. The van der Waals surface area contributed by atoms with Crippen molar-refractivity contribution < 1.29 is 4.74 Å². The number of methoxy groups -OCH3 is 1. The van der Waals surface area contributed by atoms with Crippen LogP contribution in [-0.4, -0.2) is 23.1 Å². The topological polar surface area (TPSA) is 35.0 Å². The predicted molar refractivity (Wildman–Crippen MR) is 83.9 cm³/mol. The molecule has 0 fully saturated rings. The molecule has 0 unspecified atom stereocenters. The Labute approximate surface area is 130 Å². The van der Waals surface area contributed by atoms with Crippen molar-refractivity contribution in [3.05, 3.63) is 28.8 Å². The van der Waals surface area contributed by atoms with Gasteiger partial charge in [0.25, 0.3) is 0 Å². The Kier molecular flexibility index (Phi) is 5.81. The van der Waals surface area contributed by atoms with E-state index in [9.17, 15) is 0 Å². The van der Waals surface area contributed by atoms with Gasteiger partial charge in [-0.15, -0.1) is 10.2 Å². The van der Waals surface area contributed by atoms with Crippen molar-refractivity contribution in [2.24, 2.45) is 0 Å². The van der Waals surface area contributed by atoms with Gasteiger partial charge in [-0.25, -0.2) is 0 Å². The molecule has 0 amide bonds. The van der Waals surface area contributed by atoms with E-state index in [2.05, 4.69) is 17.1 Å². The smallest absolute Gasteiger partial charge is 0.175 e. The number of hydrogen-bond donors (Lipinski definition) is 0. The standard InChI is InChI=1S/C12H13ClN2OS3/c1-3-17-11-14-15-12(19-11)18-7-8-6-9(13)4-5-10(8)16-2/h4-6H,3,7H2,1-2H3. The zero-order valence-electron chi connectivity index (χ0n) is 10.6. The minimum atomic E-state index is 0.718. The highest BCUT2D eigenvalue weighted by molar-refractivity contribution is 8.02. The molecule has 0 aliphatic heterocycles. The van der Waals surface area contributed by atoms with Crippen LogP contribution >= 0.6 is 46.5 Å². The minimum absolute atomic E-state index is 0.718. The lowest BCUT2D eigenvalue weighted by Crippen LogP contribution is -1.90. The summed E-state index contributed by atoms with van der Waals surface area (Å²) in [7, 11) is 1.67. The van der Waals surface area contributed by atoms with E-state index in [0.717, 1.165) is 36.5 Å². The quantitative estimate of drug-likeness (QED) is 0.722. The van der Waals surface area contributed by atoms with Gasteiger partial charge in [0.15, 0.2) is 8.68 Å². The van der Waals surface area contributed by atoms with Gasteiger partial charge in [-0.1, -0.05) is 53.4 Å². The molecule has 1 heterocycles. The molecule has 1 aromatic carbocycles. The van der Waals surface area contributed by atoms with Gasteiger partial charge in [0.1, 0.15) is 5.75 Å². The van der Waals surface area contributed by atoms with Gasteiger partial charge >= 0.3 is 0 Å². The molecule has 1 aromatic heterocycles. The molecule has 0 spiro atoms. The molecule has 102 valence electrons. The first-order valence-corrected chi connectivity index (χ1v) is 8.81. The summed E-state index contributed by atoms with van der Waals surface area (Å²) < 4.78 is 7.31. The van der Waals surface area contributed by atoms with Crippen LogP contribution in [0.5, 0.6) is 5.75 Å². The zero-order valence-corrected chi connectivity index (χ0v) is 13.8. The molecule has 0 bridgehead atoms. The van der Waals surface area contributed by atoms with Gasteiger partial charge in [-0.05, 0) is 24.0 Å². The lowest BCUT2D eigenvalue weighted by Gasteiger charge is -2.07. The summed E-state index contributed by atoms with van der Waals surface area (Å²) in [5, 5.41) is 9.01. The Hall–Kier alpha value is -0.430. The van der Waals surface area contributed by atoms with Gasteiger partial charge in [0.05, 0.1) is 7.11 Å². The second-order valence-corrected chi connectivity index (χ2v) is 7.66. The number of halogens is 1. The SMILES string of the molecule is CCSc1nnc(SCc2cc(Cl)ccc2OC)s1. The summed E-state index contributed by atoms with van der Waals surface area (Å²) >= 11 is 11.0. The van der Waals surface area contributed by atoms with Crippen LogP contribution in [0, 0.1) is 0 Å². The molecule has 19 heavy (non-hydrogen) atoms. The summed E-state index contributed by atoms with van der Waals surface area (Å²) in [5.74, 6) is 2.64. The van der Waals surface area contributed by atoms with Crippen LogP contribution in [-0.2, 0) is 5.75 Å². The monoisotopic (exact) mass is 332 g/mol. The highest BCUT2D eigenvalue weighted by atomic mass is 35.5. The normalized spacial score (nSPS) is 10.7. The summed E-state index contributed by atoms with van der Waals surface area (Å²) in [5.41, 5.74) is 1.07. The van der Waals surface area contributed by atoms with Gasteiger partial charge < -0.3 is 4.74 Å². The fourth-order valence-electron chi connectivity index (χ4n) is 1.44. The van der Waals surface area contributed by atoms with E-state index >= 15 is 0 Å². The second-order valence-electron chi connectivity index (χ2n) is 3.51. The highest BCUT2D eigenvalue weighted by Gasteiger charge is 2.08. The van der Waals surface area contributed by atoms with Crippen LogP contribution in [0.4, 0.5) is 0 Å². The van der Waals surface area contributed by atoms with Crippen LogP contribution in [0.15, 0.2) is 26.9 Å². The maximum Gasteiger partial charge on any atom is 0.175 e. The maximum atomic E-state index is 6.01. The molecule has 3 nitrogen and oxygen atoms in total. The van der Waals surface area contributed by atoms with Crippen molar-refractivity contribution in [3.63, 3.8) is 0 Å². The highest BCUT2D eigenvalue weighted by Crippen LogP contribution is 2.33. The second kappa shape index (κ2) is 7.38. The Balaban J connectivity index is 2.03. The van der Waals surface area contributed by atoms with E-state index in [1.807, 2.05) is 18.2 Å². The van der Waals surface area contributed by atoms with Crippen molar-refractivity contribution in [1.29, 1.82) is 0 Å². The fraction of sp³-hybridized carbons (Fsp3) is 0.333. The number of nitrogens with zero attached hydrogens (tertiary/aromatic N) is 2. The van der Waals surface area contributed by atoms with Gasteiger partial charge in [-0.3, -0.25) is 0 Å². The summed E-state index contributed by atoms with van der Waals surface area (Å²) in [6.45, 7) is 2.11. The van der Waals surface area contributed by atoms with Crippen LogP contribution in [0.2, 0.25) is 5.02 Å². The number of rotatable bonds is 6. The third-order valence-electron chi connectivity index (χ3n) is 2.25. The molecule has 2 rings (SSSR count). The molecule has 2 aromatic rings. The number of aromatic nitrogens is 2. The predicted octanol–water partition coefficient (Wildman–Crippen LogP) is 4.60. The molecule has 0 saturated carbocycles. The molecular formula is C12H13ClN2OS3. The summed E-state index contributed by atoms with van der Waals surface area (Å²) in [4.78, 5) is 0. The first kappa shape index (κ1) is 15.0. The average molecular weight is 333 g/mol. The lowest BCUT2D eigenvalue weighted by atomic mass is 10.2. The molecule has 0 saturated heterocycles. The van der Waals surface area contributed by atoms with E-state index in [4.69, 9.17) is 16.3 Å². The third kappa shape index (κ3) is 4.27. The number of thioether (sulfide) groups is 2. The Morgan fingerprint density at radius 2 is 2.00 bits per heavy atom. The molecule has 0 aliphatic rings. The van der Waals surface area contributed by atoms with Crippen molar-refractivity contribution in [3.8, 4) is 5.75 Å². The molecule has 0 aliphatic carbocycles. The van der Waals surface area contributed by atoms with Crippen LogP contribution in [0.25, 0.3) is 0 Å². The number of ether oxygens (including phenoxy) is 1. The Morgan fingerprint density at radius 1 is 1.26 bits per heavy atom. The van der Waals surface area contributed by atoms with Crippen molar-refractivity contribution in [1.82, 2.24) is 10.2 Å². The van der Waals surface area contributed by atoms with Crippen LogP contribution in [0.3, 0.4) is 0 Å². The summed E-state index contributed by atoms with van der Waals surface area (Å²) in [6, 6.07) is 5.64. The van der Waals surface area contributed by atoms with Gasteiger partial charge in [0, 0.05) is 16.3 Å². The molecule has 0 N–H and O–H groups in total. The summed E-state index contributed by atoms with van der Waals surface area (Å²) in [6.07, 6.45) is 0. The first-order valence-electron chi connectivity index (χ1n) is 5.64. The van der Waals surface area contributed by atoms with E-state index in [1.165, 1.54) is 0 Å². The largest absolute Gasteiger partial charge is 0.496 e. The van der Waals surface area contributed by atoms with Gasteiger partial charge in [0.2, 0.25) is 0 Å². The van der Waals surface area contributed by atoms with E-state index in [1.54, 1.807) is 42.0 Å². The Bertz CT molecular complexity index is 548. The fourth-order valence-corrected chi connectivity index (χ4v) is 4.53. The molecular weight excluding hydrogens is 320 g/mol. The maximum absolute atomic E-state index is 6.01. The lowest BCUT2D eigenvalue weighted by molar-refractivity contribution is 0.411. The zero-order chi connectivity index (χ0) is 13.7. The van der Waals surface area contributed by atoms with Crippen molar-refractivity contribution in [2.75, 3.05) is 12.9 Å². The van der Waals surface area contributed by atoms with Crippen molar-refractivity contribution >= 4 is 46.5 Å². The molecule has 0 radical (unpaired) electrons. The number of hydrogen-bond acceptors (Lipinski definition) is 6. The first-order chi connectivity index (χ1) is 9.22. The molecule has 0 atom stereocenters. The average Bonchev–Trinajstić information content (AvgIpc) is 2.85.